The maximum Gasteiger partial charge on any atom is 0.303 e. The first-order chi connectivity index (χ1) is 21.9. The van der Waals surface area contributed by atoms with E-state index in [2.05, 4.69) is 22.2 Å². The number of benzene rings is 3. The van der Waals surface area contributed by atoms with Crippen molar-refractivity contribution in [1.82, 2.24) is 15.3 Å². The van der Waals surface area contributed by atoms with Crippen LogP contribution in [0.3, 0.4) is 0 Å². The fourth-order valence-corrected chi connectivity index (χ4v) is 6.18. The summed E-state index contributed by atoms with van der Waals surface area (Å²) in [6, 6.07) is 25.7. The molecular formula is C35H37N3O6S. The average Bonchev–Trinajstić information content (AvgIpc) is 3.07. The van der Waals surface area contributed by atoms with E-state index in [-0.39, 0.29) is 43.5 Å². The van der Waals surface area contributed by atoms with Crippen molar-refractivity contribution < 1.29 is 29.3 Å². The van der Waals surface area contributed by atoms with Gasteiger partial charge in [-0.05, 0) is 46.4 Å². The van der Waals surface area contributed by atoms with Crippen LogP contribution in [0.25, 0.3) is 11.1 Å². The van der Waals surface area contributed by atoms with Crippen molar-refractivity contribution in [1.29, 1.82) is 0 Å². The zero-order chi connectivity index (χ0) is 31.6. The molecule has 45 heavy (non-hydrogen) atoms. The smallest absolute Gasteiger partial charge is 0.303 e. The summed E-state index contributed by atoms with van der Waals surface area (Å²) in [5.41, 5.74) is 5.76. The summed E-state index contributed by atoms with van der Waals surface area (Å²) in [5, 5.41) is 21.8. The highest BCUT2D eigenvalue weighted by Gasteiger charge is 2.38. The van der Waals surface area contributed by atoms with E-state index in [1.165, 1.54) is 0 Å². The molecule has 4 unspecified atom stereocenters. The van der Waals surface area contributed by atoms with Crippen molar-refractivity contribution >= 4 is 23.6 Å². The highest BCUT2D eigenvalue weighted by molar-refractivity contribution is 7.99. The van der Waals surface area contributed by atoms with Gasteiger partial charge in [0, 0.05) is 49.0 Å². The molecule has 1 aromatic heterocycles. The molecule has 1 amide bonds. The number of carbonyl (C=O) groups is 2. The number of ether oxygens (including phenoxy) is 2. The van der Waals surface area contributed by atoms with Gasteiger partial charge in [0.1, 0.15) is 0 Å². The molecule has 4 atom stereocenters. The number of aliphatic hydroxyl groups excluding tert-OH is 1. The van der Waals surface area contributed by atoms with E-state index in [1.807, 2.05) is 72.8 Å². The van der Waals surface area contributed by atoms with Crippen LogP contribution < -0.4 is 5.32 Å². The lowest BCUT2D eigenvalue weighted by atomic mass is 9.91. The first-order valence-corrected chi connectivity index (χ1v) is 16.0. The number of carboxylic acid groups (broad SMARTS) is 1. The molecule has 1 aliphatic rings. The van der Waals surface area contributed by atoms with Crippen molar-refractivity contribution in [2.24, 2.45) is 5.92 Å². The molecule has 4 aromatic rings. The number of carboxylic acids is 1. The molecule has 0 bridgehead atoms. The summed E-state index contributed by atoms with van der Waals surface area (Å²) >= 11 is 1.56. The van der Waals surface area contributed by atoms with E-state index in [4.69, 9.17) is 14.6 Å². The van der Waals surface area contributed by atoms with E-state index < -0.39 is 12.3 Å². The molecule has 0 spiro atoms. The predicted octanol–water partition coefficient (Wildman–Crippen LogP) is 6.09. The van der Waals surface area contributed by atoms with Crippen LogP contribution in [-0.4, -0.2) is 43.9 Å². The number of amides is 1. The Labute approximate surface area is 267 Å². The van der Waals surface area contributed by atoms with Crippen molar-refractivity contribution in [2.45, 2.75) is 63.0 Å². The minimum absolute atomic E-state index is 0.0120. The molecule has 1 aliphatic heterocycles. The third-order valence-corrected chi connectivity index (χ3v) is 8.73. The van der Waals surface area contributed by atoms with E-state index >= 15 is 0 Å². The molecule has 0 aliphatic carbocycles. The summed E-state index contributed by atoms with van der Waals surface area (Å²) < 4.78 is 13.1. The molecule has 3 N–H and O–H groups in total. The highest BCUT2D eigenvalue weighted by atomic mass is 32.2. The molecule has 0 radical (unpaired) electrons. The zero-order valence-corrected chi connectivity index (χ0v) is 25.9. The molecule has 9 nitrogen and oxygen atoms in total. The topological polar surface area (TPSA) is 131 Å². The maximum atomic E-state index is 12.1. The Bertz CT molecular complexity index is 1550. The third-order valence-electron chi connectivity index (χ3n) is 7.77. The molecule has 2 heterocycles. The van der Waals surface area contributed by atoms with Gasteiger partial charge in [-0.2, -0.15) is 0 Å². The Morgan fingerprint density at radius 3 is 2.31 bits per heavy atom. The van der Waals surface area contributed by atoms with Gasteiger partial charge in [-0.1, -0.05) is 85.4 Å². The second kappa shape index (κ2) is 15.8. The number of rotatable bonds is 13. The number of aromatic nitrogens is 2. The fourth-order valence-electron chi connectivity index (χ4n) is 5.21. The molecule has 0 saturated carbocycles. The van der Waals surface area contributed by atoms with Crippen molar-refractivity contribution in [3.05, 3.63) is 114 Å². The quantitative estimate of drug-likeness (QED) is 0.119. The van der Waals surface area contributed by atoms with E-state index in [0.717, 1.165) is 33.4 Å². The van der Waals surface area contributed by atoms with Crippen LogP contribution in [0.4, 0.5) is 0 Å². The molecule has 5 rings (SSSR count). The highest BCUT2D eigenvalue weighted by Crippen LogP contribution is 2.43. The lowest BCUT2D eigenvalue weighted by molar-refractivity contribution is -0.268. The Morgan fingerprint density at radius 2 is 1.60 bits per heavy atom. The maximum absolute atomic E-state index is 12.1. The van der Waals surface area contributed by atoms with Crippen LogP contribution in [0.1, 0.15) is 60.8 Å². The average molecular weight is 628 g/mol. The summed E-state index contributed by atoms with van der Waals surface area (Å²) in [6.45, 7) is 2.49. The van der Waals surface area contributed by atoms with Gasteiger partial charge in [-0.15, -0.1) is 0 Å². The Morgan fingerprint density at radius 1 is 0.867 bits per heavy atom. The van der Waals surface area contributed by atoms with Crippen molar-refractivity contribution in [3.8, 4) is 11.1 Å². The Kier molecular flexibility index (Phi) is 11.3. The second-order valence-electron chi connectivity index (χ2n) is 11.0. The number of hydrogen-bond acceptors (Lipinski definition) is 8. The number of carbonyl (C=O) groups excluding carboxylic acids is 1. The standard InChI is InChI=1S/C35H37N3O6S/c1-23-30(22-45-35-36-17-4-18-37-35)43-34(44-33(23)27-11-9-24(21-39)10-12-27)28-15-13-26(14-16-28)29-6-2-5-25(19-29)20-38-31(40)7-3-8-32(41)42/h2,4-6,9-19,23,30,33-34,39H,3,7-8,20-22H2,1H3,(H,38,40)(H,41,42). The zero-order valence-electron chi connectivity index (χ0n) is 25.0. The van der Waals surface area contributed by atoms with Crippen LogP contribution in [0, 0.1) is 5.92 Å². The lowest BCUT2D eigenvalue weighted by Crippen LogP contribution is -2.38. The monoisotopic (exact) mass is 627 g/mol. The summed E-state index contributed by atoms with van der Waals surface area (Å²) in [6.07, 6.45) is 3.03. The minimum Gasteiger partial charge on any atom is -0.481 e. The largest absolute Gasteiger partial charge is 0.481 e. The number of aliphatic hydroxyl groups is 1. The second-order valence-corrected chi connectivity index (χ2v) is 12.0. The van der Waals surface area contributed by atoms with Crippen LogP contribution in [0.5, 0.6) is 0 Å². The summed E-state index contributed by atoms with van der Waals surface area (Å²) in [4.78, 5) is 31.5. The third kappa shape index (κ3) is 8.98. The van der Waals surface area contributed by atoms with Gasteiger partial charge < -0.3 is 25.0 Å². The fraction of sp³-hybridized carbons (Fsp3) is 0.314. The first-order valence-electron chi connectivity index (χ1n) is 15.0. The SMILES string of the molecule is CC1C(CSc2ncccn2)OC(c2ccc(-c3cccc(CNC(=O)CCCC(=O)O)c3)cc2)OC1c1ccc(CO)cc1. The number of nitrogens with one attached hydrogen (secondary N) is 1. The van der Waals surface area contributed by atoms with Gasteiger partial charge in [0.2, 0.25) is 5.91 Å². The number of nitrogens with zero attached hydrogens (tertiary/aromatic N) is 2. The predicted molar refractivity (Wildman–Crippen MR) is 171 cm³/mol. The van der Waals surface area contributed by atoms with Crippen LogP contribution in [-0.2, 0) is 32.2 Å². The number of hydrogen-bond donors (Lipinski definition) is 3. The Hall–Kier alpha value is -4.09. The van der Waals surface area contributed by atoms with Gasteiger partial charge in [0.25, 0.3) is 0 Å². The number of thioether (sulfide) groups is 1. The first kappa shape index (κ1) is 32.3. The lowest BCUT2D eigenvalue weighted by Gasteiger charge is -2.41. The van der Waals surface area contributed by atoms with Crippen LogP contribution in [0.2, 0.25) is 0 Å². The molecule has 1 fully saturated rings. The van der Waals surface area contributed by atoms with Gasteiger partial charge in [0.05, 0.1) is 18.8 Å². The summed E-state index contributed by atoms with van der Waals surface area (Å²) in [5.74, 6) is -0.347. The minimum atomic E-state index is -0.900. The normalized spacial score (nSPS) is 19.6. The number of aliphatic carboxylic acids is 1. The summed E-state index contributed by atoms with van der Waals surface area (Å²) in [7, 11) is 0. The van der Waals surface area contributed by atoms with Crippen molar-refractivity contribution in [2.75, 3.05) is 5.75 Å². The van der Waals surface area contributed by atoms with E-state index in [0.29, 0.717) is 23.9 Å². The van der Waals surface area contributed by atoms with Crippen LogP contribution in [0.15, 0.2) is 96.4 Å². The Balaban J connectivity index is 1.28. The van der Waals surface area contributed by atoms with E-state index in [1.54, 1.807) is 30.2 Å². The molecular weight excluding hydrogens is 590 g/mol. The molecule has 1 saturated heterocycles. The van der Waals surface area contributed by atoms with Gasteiger partial charge in [-0.25, -0.2) is 9.97 Å². The van der Waals surface area contributed by atoms with Gasteiger partial charge >= 0.3 is 5.97 Å². The van der Waals surface area contributed by atoms with Gasteiger partial charge in [-0.3, -0.25) is 9.59 Å². The van der Waals surface area contributed by atoms with Crippen LogP contribution >= 0.6 is 11.8 Å². The van der Waals surface area contributed by atoms with E-state index in [9.17, 15) is 14.7 Å². The molecule has 10 heteroatoms. The molecule has 234 valence electrons. The molecule has 3 aromatic carbocycles. The van der Waals surface area contributed by atoms with Gasteiger partial charge in [0.15, 0.2) is 11.4 Å². The van der Waals surface area contributed by atoms with Crippen molar-refractivity contribution in [3.63, 3.8) is 0 Å².